The minimum atomic E-state index is -1.57. The number of benzene rings is 1. The topological polar surface area (TPSA) is 75.1 Å². The Morgan fingerprint density at radius 1 is 1.18 bits per heavy atom. The fourth-order valence-electron chi connectivity index (χ4n) is 2.76. The van der Waals surface area contributed by atoms with Gasteiger partial charge in [0.1, 0.15) is 11.5 Å². The van der Waals surface area contributed by atoms with Crippen molar-refractivity contribution >= 4 is 11.9 Å². The van der Waals surface area contributed by atoms with Crippen LogP contribution in [0.3, 0.4) is 0 Å². The number of hydrogen-bond donors (Lipinski definition) is 1. The zero-order valence-corrected chi connectivity index (χ0v) is 15.0. The number of anilines is 1. The van der Waals surface area contributed by atoms with Crippen LogP contribution in [0.5, 0.6) is 17.2 Å². The van der Waals surface area contributed by atoms with Crippen molar-refractivity contribution < 1.29 is 32.5 Å². The molecule has 2 heterocycles. The van der Waals surface area contributed by atoms with Crippen LogP contribution in [0.15, 0.2) is 24.3 Å². The molecule has 1 saturated heterocycles. The molecular formula is C18H18F3N3O4. The molecule has 1 aromatic carbocycles. The number of halogens is 3. The first-order valence-corrected chi connectivity index (χ1v) is 8.58. The van der Waals surface area contributed by atoms with Gasteiger partial charge in [0, 0.05) is 32.2 Å². The van der Waals surface area contributed by atoms with Crippen molar-refractivity contribution in [1.29, 1.82) is 0 Å². The maximum absolute atomic E-state index is 14.9. The lowest BCUT2D eigenvalue weighted by atomic mass is 10.3. The highest BCUT2D eigenvalue weighted by molar-refractivity contribution is 5.68. The molecule has 1 fully saturated rings. The molecule has 0 radical (unpaired) electrons. The number of carbonyl (C=O) groups excluding carboxylic acids is 1. The first-order chi connectivity index (χ1) is 13.4. The van der Waals surface area contributed by atoms with Gasteiger partial charge in [0.15, 0.2) is 5.82 Å². The predicted octanol–water partition coefficient (Wildman–Crippen LogP) is 3.28. The Labute approximate surface area is 158 Å². The minimum absolute atomic E-state index is 0.0681. The maximum Gasteiger partial charge on any atom is 0.409 e. The standard InChI is InChI=1S/C18H18F3N3O4/c1-2-27-18(26)24-8-6-23(7-9-24)17-14(20)15(13(19)16(21)22-17)28-12-5-3-4-11(25)10-12/h3-5,10,25H,2,6-9H2,1H3. The Kier molecular flexibility index (Phi) is 5.76. The van der Waals surface area contributed by atoms with E-state index in [1.54, 1.807) is 6.92 Å². The second kappa shape index (κ2) is 8.24. The summed E-state index contributed by atoms with van der Waals surface area (Å²) >= 11 is 0. The second-order valence-corrected chi connectivity index (χ2v) is 5.96. The summed E-state index contributed by atoms with van der Waals surface area (Å²) in [6.07, 6.45) is -0.492. The van der Waals surface area contributed by atoms with E-state index in [4.69, 9.17) is 9.47 Å². The van der Waals surface area contributed by atoms with Crippen LogP contribution in [0, 0.1) is 17.6 Å². The predicted molar refractivity (Wildman–Crippen MR) is 93.1 cm³/mol. The smallest absolute Gasteiger partial charge is 0.409 e. The molecule has 1 aromatic heterocycles. The Morgan fingerprint density at radius 2 is 1.89 bits per heavy atom. The van der Waals surface area contributed by atoms with E-state index in [1.165, 1.54) is 28.0 Å². The molecule has 28 heavy (non-hydrogen) atoms. The molecule has 0 aliphatic carbocycles. The fourth-order valence-corrected chi connectivity index (χ4v) is 2.76. The molecule has 0 atom stereocenters. The van der Waals surface area contributed by atoms with Crippen molar-refractivity contribution in [3.05, 3.63) is 41.8 Å². The number of rotatable bonds is 4. The third-order valence-electron chi connectivity index (χ3n) is 4.12. The van der Waals surface area contributed by atoms with Gasteiger partial charge in [-0.25, -0.2) is 4.79 Å². The summed E-state index contributed by atoms with van der Waals surface area (Å²) in [6, 6.07) is 5.25. The number of amides is 1. The lowest BCUT2D eigenvalue weighted by molar-refractivity contribution is 0.105. The van der Waals surface area contributed by atoms with E-state index in [0.717, 1.165) is 6.07 Å². The van der Waals surface area contributed by atoms with Crippen LogP contribution in [0.2, 0.25) is 0 Å². The quantitative estimate of drug-likeness (QED) is 0.799. The van der Waals surface area contributed by atoms with Crippen LogP contribution >= 0.6 is 0 Å². The van der Waals surface area contributed by atoms with Crippen molar-refractivity contribution in [2.45, 2.75) is 6.92 Å². The zero-order valence-electron chi connectivity index (χ0n) is 15.0. The van der Waals surface area contributed by atoms with E-state index >= 15 is 0 Å². The molecular weight excluding hydrogens is 379 g/mol. The molecule has 1 aliphatic rings. The van der Waals surface area contributed by atoms with E-state index in [2.05, 4.69) is 4.98 Å². The molecule has 2 aromatic rings. The number of carbonyl (C=O) groups is 1. The highest BCUT2D eigenvalue weighted by Gasteiger charge is 2.29. The van der Waals surface area contributed by atoms with Crippen LogP contribution in [0.1, 0.15) is 6.92 Å². The third-order valence-corrected chi connectivity index (χ3v) is 4.12. The van der Waals surface area contributed by atoms with Gasteiger partial charge in [0.25, 0.3) is 5.95 Å². The Morgan fingerprint density at radius 3 is 2.54 bits per heavy atom. The first kappa shape index (κ1) is 19.6. The zero-order chi connectivity index (χ0) is 20.3. The average molecular weight is 397 g/mol. The van der Waals surface area contributed by atoms with Crippen LogP contribution in [-0.4, -0.2) is 53.9 Å². The summed E-state index contributed by atoms with van der Waals surface area (Å²) in [7, 11) is 0. The second-order valence-electron chi connectivity index (χ2n) is 5.96. The summed E-state index contributed by atoms with van der Waals surface area (Å²) < 4.78 is 52.9. The van der Waals surface area contributed by atoms with E-state index in [0.29, 0.717) is 0 Å². The van der Waals surface area contributed by atoms with Crippen molar-refractivity contribution in [3.63, 3.8) is 0 Å². The lowest BCUT2D eigenvalue weighted by Gasteiger charge is -2.34. The molecule has 0 bridgehead atoms. The fraction of sp³-hybridized carbons (Fsp3) is 0.333. The SMILES string of the molecule is CCOC(=O)N1CCN(c2nc(F)c(F)c(Oc3cccc(O)c3)c2F)CC1. The molecule has 0 spiro atoms. The highest BCUT2D eigenvalue weighted by Crippen LogP contribution is 2.34. The summed E-state index contributed by atoms with van der Waals surface area (Å²) in [5, 5.41) is 9.45. The van der Waals surface area contributed by atoms with Gasteiger partial charge in [-0.2, -0.15) is 18.2 Å². The van der Waals surface area contributed by atoms with Crippen molar-refractivity contribution in [2.75, 3.05) is 37.7 Å². The van der Waals surface area contributed by atoms with Gasteiger partial charge in [-0.15, -0.1) is 0 Å². The monoisotopic (exact) mass is 397 g/mol. The molecule has 0 unspecified atom stereocenters. The van der Waals surface area contributed by atoms with Gasteiger partial charge >= 0.3 is 6.09 Å². The summed E-state index contributed by atoms with van der Waals surface area (Å²) in [5.74, 6) is -5.89. The summed E-state index contributed by atoms with van der Waals surface area (Å²) in [6.45, 7) is 2.64. The average Bonchev–Trinajstić information content (AvgIpc) is 2.68. The number of ether oxygens (including phenoxy) is 2. The summed E-state index contributed by atoms with van der Waals surface area (Å²) in [5.41, 5.74) is 0. The number of piperazine rings is 1. The van der Waals surface area contributed by atoms with Gasteiger partial charge in [-0.1, -0.05) is 6.07 Å². The van der Waals surface area contributed by atoms with Crippen LogP contribution in [0.25, 0.3) is 0 Å². The van der Waals surface area contributed by atoms with Crippen LogP contribution < -0.4 is 9.64 Å². The maximum atomic E-state index is 14.9. The van der Waals surface area contributed by atoms with E-state index in [9.17, 15) is 23.1 Å². The molecule has 7 nitrogen and oxygen atoms in total. The number of nitrogens with zero attached hydrogens (tertiary/aromatic N) is 3. The van der Waals surface area contributed by atoms with Gasteiger partial charge in [0.2, 0.25) is 17.4 Å². The normalized spacial score (nSPS) is 14.1. The number of aromatic hydroxyl groups is 1. The number of phenolic OH excluding ortho intramolecular Hbond substituents is 1. The number of aromatic nitrogens is 1. The van der Waals surface area contributed by atoms with E-state index in [1.807, 2.05) is 0 Å². The minimum Gasteiger partial charge on any atom is -0.508 e. The van der Waals surface area contributed by atoms with E-state index in [-0.39, 0.29) is 44.3 Å². The Hall–Kier alpha value is -3.17. The van der Waals surface area contributed by atoms with Crippen molar-refractivity contribution in [1.82, 2.24) is 9.88 Å². The highest BCUT2D eigenvalue weighted by atomic mass is 19.2. The largest absolute Gasteiger partial charge is 0.508 e. The van der Waals surface area contributed by atoms with Crippen LogP contribution in [-0.2, 0) is 4.74 Å². The summed E-state index contributed by atoms with van der Waals surface area (Å²) in [4.78, 5) is 17.9. The number of hydrogen-bond acceptors (Lipinski definition) is 6. The molecule has 150 valence electrons. The molecule has 3 rings (SSSR count). The van der Waals surface area contributed by atoms with Gasteiger partial charge < -0.3 is 24.4 Å². The van der Waals surface area contributed by atoms with Gasteiger partial charge in [-0.05, 0) is 19.1 Å². The van der Waals surface area contributed by atoms with Gasteiger partial charge in [0.05, 0.1) is 6.61 Å². The molecule has 1 N–H and O–H groups in total. The third kappa shape index (κ3) is 4.05. The Balaban J connectivity index is 1.83. The molecule has 10 heteroatoms. The number of pyridine rings is 1. The van der Waals surface area contributed by atoms with Gasteiger partial charge in [-0.3, -0.25) is 0 Å². The van der Waals surface area contributed by atoms with Crippen molar-refractivity contribution in [2.24, 2.45) is 0 Å². The lowest BCUT2D eigenvalue weighted by Crippen LogP contribution is -2.49. The number of phenols is 1. The molecule has 1 aliphatic heterocycles. The van der Waals surface area contributed by atoms with Crippen molar-refractivity contribution in [3.8, 4) is 17.2 Å². The molecule has 1 amide bonds. The first-order valence-electron chi connectivity index (χ1n) is 8.58. The van der Waals surface area contributed by atoms with E-state index < -0.39 is 35.2 Å². The Bertz CT molecular complexity index is 873. The molecule has 0 saturated carbocycles. The van der Waals surface area contributed by atoms with Crippen LogP contribution in [0.4, 0.5) is 23.8 Å².